The number of aryl methyl sites for hydroxylation is 1. The lowest BCUT2D eigenvalue weighted by atomic mass is 10.0. The van der Waals surface area contributed by atoms with E-state index in [-0.39, 0.29) is 0 Å². The molecule has 0 atom stereocenters. The fourth-order valence-corrected chi connectivity index (χ4v) is 1.82. The third-order valence-corrected chi connectivity index (χ3v) is 2.67. The average Bonchev–Trinajstić information content (AvgIpc) is 2.39. The fourth-order valence-electron chi connectivity index (χ4n) is 1.82. The second kappa shape index (κ2) is 5.39. The zero-order chi connectivity index (χ0) is 13.0. The van der Waals surface area contributed by atoms with Gasteiger partial charge in [0.1, 0.15) is 6.07 Å². The Morgan fingerprint density at radius 3 is 2.83 bits per heavy atom. The van der Waals surface area contributed by atoms with Crippen LogP contribution in [0.2, 0.25) is 0 Å². The largest absolute Gasteiger partial charge is 0.330 e. The van der Waals surface area contributed by atoms with E-state index in [1.54, 1.807) is 12.4 Å². The number of nitriles is 1. The molecule has 0 amide bonds. The first-order valence-corrected chi connectivity index (χ1v) is 5.76. The molecule has 2 heterocycles. The summed E-state index contributed by atoms with van der Waals surface area (Å²) in [6.45, 7) is 2.47. The highest BCUT2D eigenvalue weighted by Crippen LogP contribution is 2.21. The quantitative estimate of drug-likeness (QED) is 0.885. The second-order valence-electron chi connectivity index (χ2n) is 4.08. The first-order chi connectivity index (χ1) is 8.74. The highest BCUT2D eigenvalue weighted by atomic mass is 14.7. The first-order valence-electron chi connectivity index (χ1n) is 5.76. The summed E-state index contributed by atoms with van der Waals surface area (Å²) < 4.78 is 0. The maximum absolute atomic E-state index is 9.20. The van der Waals surface area contributed by atoms with E-state index in [0.717, 1.165) is 23.2 Å². The van der Waals surface area contributed by atoms with Crippen LogP contribution in [-0.2, 0) is 6.42 Å². The van der Waals surface area contributed by atoms with E-state index in [0.29, 0.717) is 17.8 Å². The molecule has 0 saturated carbocycles. The molecule has 2 aromatic heterocycles. The molecular weight excluding hydrogens is 224 g/mol. The van der Waals surface area contributed by atoms with Crippen LogP contribution in [0.1, 0.15) is 16.8 Å². The minimum atomic E-state index is 0.556. The van der Waals surface area contributed by atoms with Gasteiger partial charge in [-0.05, 0) is 43.7 Å². The Bertz CT molecular complexity index is 599. The van der Waals surface area contributed by atoms with Crippen molar-refractivity contribution in [3.05, 3.63) is 47.4 Å². The number of nitrogens with two attached hydrogens (primary N) is 1. The third-order valence-electron chi connectivity index (χ3n) is 2.67. The Labute approximate surface area is 106 Å². The SMILES string of the molecule is Cc1cc(-c2ncc(CCN)cc2C#N)ccn1. The smallest absolute Gasteiger partial charge is 0.101 e. The maximum Gasteiger partial charge on any atom is 0.101 e. The van der Waals surface area contributed by atoms with Crippen molar-refractivity contribution in [3.8, 4) is 17.3 Å². The van der Waals surface area contributed by atoms with Crippen LogP contribution in [0.4, 0.5) is 0 Å². The van der Waals surface area contributed by atoms with E-state index >= 15 is 0 Å². The molecule has 0 aliphatic carbocycles. The van der Waals surface area contributed by atoms with Gasteiger partial charge in [0.25, 0.3) is 0 Å². The van der Waals surface area contributed by atoms with Crippen LogP contribution in [0.5, 0.6) is 0 Å². The predicted octanol–water partition coefficient (Wildman–Crippen LogP) is 1.82. The molecule has 0 aromatic carbocycles. The van der Waals surface area contributed by atoms with Crippen molar-refractivity contribution in [2.24, 2.45) is 5.73 Å². The highest BCUT2D eigenvalue weighted by Gasteiger charge is 2.08. The summed E-state index contributed by atoms with van der Waals surface area (Å²) in [5, 5.41) is 9.20. The molecule has 0 radical (unpaired) electrons. The molecule has 4 heteroatoms. The Morgan fingerprint density at radius 1 is 1.33 bits per heavy atom. The fraction of sp³-hybridized carbons (Fsp3) is 0.214. The van der Waals surface area contributed by atoms with E-state index in [9.17, 15) is 5.26 Å². The van der Waals surface area contributed by atoms with Gasteiger partial charge in [-0.1, -0.05) is 0 Å². The summed E-state index contributed by atoms with van der Waals surface area (Å²) in [4.78, 5) is 8.51. The number of nitrogens with zero attached hydrogens (tertiary/aromatic N) is 3. The lowest BCUT2D eigenvalue weighted by molar-refractivity contribution is 0.958. The zero-order valence-electron chi connectivity index (χ0n) is 10.2. The minimum absolute atomic E-state index is 0.556. The lowest BCUT2D eigenvalue weighted by Crippen LogP contribution is -2.04. The van der Waals surface area contributed by atoms with E-state index in [4.69, 9.17) is 5.73 Å². The van der Waals surface area contributed by atoms with Gasteiger partial charge in [-0.3, -0.25) is 9.97 Å². The minimum Gasteiger partial charge on any atom is -0.330 e. The number of aromatic nitrogens is 2. The standard InChI is InChI=1S/C14H14N4/c1-10-6-12(3-5-17-10)14-13(8-16)7-11(2-4-15)9-18-14/h3,5-7,9H,2,4,15H2,1H3. The monoisotopic (exact) mass is 238 g/mol. The summed E-state index contributed by atoms with van der Waals surface area (Å²) in [6, 6.07) is 7.82. The Morgan fingerprint density at radius 2 is 2.17 bits per heavy atom. The summed E-state index contributed by atoms with van der Waals surface area (Å²) in [6.07, 6.45) is 4.23. The molecule has 4 nitrogen and oxygen atoms in total. The van der Waals surface area contributed by atoms with Crippen molar-refractivity contribution in [1.29, 1.82) is 5.26 Å². The normalized spacial score (nSPS) is 10.1. The van der Waals surface area contributed by atoms with Crippen LogP contribution in [0.3, 0.4) is 0 Å². The van der Waals surface area contributed by atoms with Gasteiger partial charge < -0.3 is 5.73 Å². The van der Waals surface area contributed by atoms with E-state index in [1.807, 2.05) is 25.1 Å². The van der Waals surface area contributed by atoms with E-state index < -0.39 is 0 Å². The van der Waals surface area contributed by atoms with Crippen LogP contribution in [0.15, 0.2) is 30.6 Å². The molecule has 0 saturated heterocycles. The third kappa shape index (κ3) is 2.53. The molecule has 0 spiro atoms. The van der Waals surface area contributed by atoms with Crippen molar-refractivity contribution in [1.82, 2.24) is 9.97 Å². The van der Waals surface area contributed by atoms with Crippen LogP contribution in [0.25, 0.3) is 11.3 Å². The molecular formula is C14H14N4. The Hall–Kier alpha value is -2.25. The maximum atomic E-state index is 9.20. The molecule has 2 rings (SSSR count). The molecule has 0 aliphatic heterocycles. The Balaban J connectivity index is 2.48. The number of hydrogen-bond acceptors (Lipinski definition) is 4. The Kier molecular flexibility index (Phi) is 3.66. The van der Waals surface area contributed by atoms with Crippen LogP contribution in [0, 0.1) is 18.3 Å². The van der Waals surface area contributed by atoms with Gasteiger partial charge in [0.15, 0.2) is 0 Å². The van der Waals surface area contributed by atoms with Crippen LogP contribution < -0.4 is 5.73 Å². The van der Waals surface area contributed by atoms with Gasteiger partial charge in [0.05, 0.1) is 11.3 Å². The molecule has 2 N–H and O–H groups in total. The molecule has 0 aliphatic rings. The van der Waals surface area contributed by atoms with Gasteiger partial charge in [-0.15, -0.1) is 0 Å². The number of pyridine rings is 2. The number of rotatable bonds is 3. The molecule has 0 fully saturated rings. The van der Waals surface area contributed by atoms with Crippen molar-refractivity contribution in [3.63, 3.8) is 0 Å². The molecule has 2 aromatic rings. The highest BCUT2D eigenvalue weighted by molar-refractivity contribution is 5.66. The number of hydrogen-bond donors (Lipinski definition) is 1. The zero-order valence-corrected chi connectivity index (χ0v) is 10.2. The molecule has 0 bridgehead atoms. The first kappa shape index (κ1) is 12.2. The lowest BCUT2D eigenvalue weighted by Gasteiger charge is -2.06. The van der Waals surface area contributed by atoms with Crippen molar-refractivity contribution in [2.45, 2.75) is 13.3 Å². The summed E-state index contributed by atoms with van der Waals surface area (Å²) >= 11 is 0. The van der Waals surface area contributed by atoms with Gasteiger partial charge in [-0.25, -0.2) is 0 Å². The van der Waals surface area contributed by atoms with Crippen molar-refractivity contribution >= 4 is 0 Å². The van der Waals surface area contributed by atoms with Crippen molar-refractivity contribution < 1.29 is 0 Å². The van der Waals surface area contributed by atoms with Crippen LogP contribution in [-0.4, -0.2) is 16.5 Å². The van der Waals surface area contributed by atoms with Crippen LogP contribution >= 0.6 is 0 Å². The second-order valence-corrected chi connectivity index (χ2v) is 4.08. The summed E-state index contributed by atoms with van der Waals surface area (Å²) in [7, 11) is 0. The van der Waals surface area contributed by atoms with Crippen molar-refractivity contribution in [2.75, 3.05) is 6.54 Å². The average molecular weight is 238 g/mol. The van der Waals surface area contributed by atoms with E-state index in [2.05, 4.69) is 16.0 Å². The van der Waals surface area contributed by atoms with Gasteiger partial charge >= 0.3 is 0 Å². The summed E-state index contributed by atoms with van der Waals surface area (Å²) in [5.74, 6) is 0. The van der Waals surface area contributed by atoms with Gasteiger partial charge in [-0.2, -0.15) is 5.26 Å². The van der Waals surface area contributed by atoms with Gasteiger partial charge in [0.2, 0.25) is 0 Å². The van der Waals surface area contributed by atoms with E-state index in [1.165, 1.54) is 0 Å². The molecule has 90 valence electrons. The molecule has 0 unspecified atom stereocenters. The molecule has 18 heavy (non-hydrogen) atoms. The topological polar surface area (TPSA) is 75.6 Å². The summed E-state index contributed by atoms with van der Waals surface area (Å²) in [5.41, 5.74) is 9.59. The van der Waals surface area contributed by atoms with Gasteiger partial charge in [0, 0.05) is 23.7 Å². The predicted molar refractivity (Wildman–Crippen MR) is 69.7 cm³/mol.